The van der Waals surface area contributed by atoms with Gasteiger partial charge in [-0.25, -0.2) is 8.42 Å². The summed E-state index contributed by atoms with van der Waals surface area (Å²) in [5.74, 6) is 0.524. The van der Waals surface area contributed by atoms with Gasteiger partial charge in [-0.15, -0.1) is 0 Å². The van der Waals surface area contributed by atoms with E-state index in [0.717, 1.165) is 19.4 Å². The third-order valence-corrected chi connectivity index (χ3v) is 3.60. The normalized spacial score (nSPS) is 26.0. The van der Waals surface area contributed by atoms with Crippen molar-refractivity contribution in [2.45, 2.75) is 25.3 Å². The molecule has 0 aliphatic carbocycles. The summed E-state index contributed by atoms with van der Waals surface area (Å²) in [6.45, 7) is 1.50. The van der Waals surface area contributed by atoms with E-state index in [1.54, 1.807) is 0 Å². The topological polar surface area (TPSA) is 69.4 Å². The Kier molecular flexibility index (Phi) is 4.34. The summed E-state index contributed by atoms with van der Waals surface area (Å²) in [5.41, 5.74) is 5.91. The molecule has 0 bridgehead atoms. The van der Waals surface area contributed by atoms with Crippen LogP contribution in [-0.2, 0) is 14.6 Å². The predicted octanol–water partition coefficient (Wildman–Crippen LogP) is 0.175. The van der Waals surface area contributed by atoms with E-state index in [0.29, 0.717) is 18.9 Å². The van der Waals surface area contributed by atoms with Crippen molar-refractivity contribution < 1.29 is 13.2 Å². The van der Waals surface area contributed by atoms with Gasteiger partial charge in [0.05, 0.1) is 12.4 Å². The van der Waals surface area contributed by atoms with Gasteiger partial charge in [-0.2, -0.15) is 0 Å². The van der Waals surface area contributed by atoms with Crippen LogP contribution in [0.2, 0.25) is 0 Å². The van der Waals surface area contributed by atoms with E-state index in [2.05, 4.69) is 0 Å². The van der Waals surface area contributed by atoms with E-state index >= 15 is 0 Å². The maximum absolute atomic E-state index is 10.9. The number of nitrogens with two attached hydrogens (primary N) is 1. The highest BCUT2D eigenvalue weighted by Crippen LogP contribution is 2.18. The molecule has 0 spiro atoms. The summed E-state index contributed by atoms with van der Waals surface area (Å²) in [7, 11) is -2.88. The number of ether oxygens (including phenoxy) is 1. The van der Waals surface area contributed by atoms with Gasteiger partial charge in [0.25, 0.3) is 0 Å². The molecule has 0 aromatic rings. The van der Waals surface area contributed by atoms with Crippen molar-refractivity contribution in [1.29, 1.82) is 0 Å². The molecular weight excluding hydrogens is 202 g/mol. The van der Waals surface area contributed by atoms with Gasteiger partial charge < -0.3 is 10.5 Å². The molecule has 1 aliphatic rings. The number of rotatable bonds is 4. The highest BCUT2D eigenvalue weighted by atomic mass is 32.2. The lowest BCUT2D eigenvalue weighted by Crippen LogP contribution is -2.37. The van der Waals surface area contributed by atoms with Crippen LogP contribution in [0.15, 0.2) is 0 Å². The van der Waals surface area contributed by atoms with Gasteiger partial charge in [-0.05, 0) is 25.2 Å². The van der Waals surface area contributed by atoms with Crippen LogP contribution in [0.3, 0.4) is 0 Å². The number of hydrogen-bond acceptors (Lipinski definition) is 4. The fourth-order valence-electron chi connectivity index (χ4n) is 1.69. The van der Waals surface area contributed by atoms with Gasteiger partial charge in [0.15, 0.2) is 0 Å². The molecule has 0 amide bonds. The molecule has 1 fully saturated rings. The molecule has 1 saturated heterocycles. The molecule has 84 valence electrons. The zero-order valence-corrected chi connectivity index (χ0v) is 9.42. The van der Waals surface area contributed by atoms with Crippen LogP contribution < -0.4 is 5.73 Å². The van der Waals surface area contributed by atoms with Crippen LogP contribution in [-0.4, -0.2) is 39.7 Å². The van der Waals surface area contributed by atoms with Crippen LogP contribution >= 0.6 is 0 Å². The van der Waals surface area contributed by atoms with E-state index in [1.165, 1.54) is 6.26 Å². The molecule has 4 nitrogen and oxygen atoms in total. The Balaban J connectivity index is 2.30. The van der Waals surface area contributed by atoms with E-state index in [-0.39, 0.29) is 11.8 Å². The minimum atomic E-state index is -2.88. The molecule has 2 N–H and O–H groups in total. The van der Waals surface area contributed by atoms with E-state index < -0.39 is 9.84 Å². The van der Waals surface area contributed by atoms with Crippen molar-refractivity contribution in [3.63, 3.8) is 0 Å². The lowest BCUT2D eigenvalue weighted by Gasteiger charge is -2.27. The van der Waals surface area contributed by atoms with Gasteiger partial charge in [-0.3, -0.25) is 0 Å². The Bertz CT molecular complexity index is 257. The van der Waals surface area contributed by atoms with Gasteiger partial charge >= 0.3 is 0 Å². The third-order valence-electron chi connectivity index (χ3n) is 2.62. The van der Waals surface area contributed by atoms with Crippen LogP contribution in [0.5, 0.6) is 0 Å². The van der Waals surface area contributed by atoms with Crippen LogP contribution in [0.25, 0.3) is 0 Å². The van der Waals surface area contributed by atoms with Crippen molar-refractivity contribution >= 4 is 9.84 Å². The Labute approximate surface area is 85.7 Å². The molecule has 14 heavy (non-hydrogen) atoms. The first-order valence-corrected chi connectivity index (χ1v) is 7.06. The Morgan fingerprint density at radius 2 is 2.29 bits per heavy atom. The Morgan fingerprint density at radius 1 is 1.57 bits per heavy atom. The highest BCUT2D eigenvalue weighted by molar-refractivity contribution is 7.90. The Hall–Kier alpha value is -0.130. The fraction of sp³-hybridized carbons (Fsp3) is 1.00. The summed E-state index contributed by atoms with van der Waals surface area (Å²) in [6, 6.07) is -0.0370. The van der Waals surface area contributed by atoms with E-state index in [1.807, 2.05) is 0 Å². The quantitative estimate of drug-likeness (QED) is 0.735. The Morgan fingerprint density at radius 3 is 2.79 bits per heavy atom. The summed E-state index contributed by atoms with van der Waals surface area (Å²) in [5, 5.41) is 0. The summed E-state index contributed by atoms with van der Waals surface area (Å²) in [4.78, 5) is 0. The number of hydrogen-bond donors (Lipinski definition) is 1. The largest absolute Gasteiger partial charge is 0.381 e. The second-order valence-corrected chi connectivity index (χ2v) is 6.32. The third kappa shape index (κ3) is 4.39. The van der Waals surface area contributed by atoms with Crippen molar-refractivity contribution in [2.75, 3.05) is 25.2 Å². The van der Waals surface area contributed by atoms with Crippen molar-refractivity contribution in [3.8, 4) is 0 Å². The zero-order valence-electron chi connectivity index (χ0n) is 8.61. The molecule has 1 rings (SSSR count). The molecule has 0 saturated carbocycles. The standard InChI is InChI=1S/C9H19NO3S/c1-14(11,12)6-4-9(10)8-3-2-5-13-7-8/h8-9H,2-7,10H2,1H3. The molecule has 0 aromatic carbocycles. The van der Waals surface area contributed by atoms with E-state index in [9.17, 15) is 8.42 Å². The average Bonchev–Trinajstić information content (AvgIpc) is 2.14. The maximum Gasteiger partial charge on any atom is 0.147 e. The first-order valence-electron chi connectivity index (χ1n) is 5.00. The smallest absolute Gasteiger partial charge is 0.147 e. The molecule has 0 radical (unpaired) electrons. The van der Waals surface area contributed by atoms with Gasteiger partial charge in [-0.1, -0.05) is 0 Å². The maximum atomic E-state index is 10.9. The number of sulfone groups is 1. The fourth-order valence-corrected chi connectivity index (χ4v) is 2.39. The van der Waals surface area contributed by atoms with Gasteiger partial charge in [0.1, 0.15) is 9.84 Å². The highest BCUT2D eigenvalue weighted by Gasteiger charge is 2.21. The molecule has 2 unspecified atom stereocenters. The molecule has 1 aliphatic heterocycles. The van der Waals surface area contributed by atoms with Crippen molar-refractivity contribution in [2.24, 2.45) is 11.7 Å². The van der Waals surface area contributed by atoms with Crippen molar-refractivity contribution in [1.82, 2.24) is 0 Å². The molecule has 1 heterocycles. The predicted molar refractivity (Wildman–Crippen MR) is 55.8 cm³/mol. The summed E-state index contributed by atoms with van der Waals surface area (Å²) >= 11 is 0. The van der Waals surface area contributed by atoms with Gasteiger partial charge in [0, 0.05) is 18.9 Å². The van der Waals surface area contributed by atoms with Crippen molar-refractivity contribution in [3.05, 3.63) is 0 Å². The van der Waals surface area contributed by atoms with Gasteiger partial charge in [0.2, 0.25) is 0 Å². The minimum Gasteiger partial charge on any atom is -0.381 e. The lowest BCUT2D eigenvalue weighted by molar-refractivity contribution is 0.0446. The second kappa shape index (κ2) is 5.09. The summed E-state index contributed by atoms with van der Waals surface area (Å²) in [6.07, 6.45) is 3.89. The average molecular weight is 221 g/mol. The first kappa shape index (κ1) is 11.9. The van der Waals surface area contributed by atoms with Crippen LogP contribution in [0.1, 0.15) is 19.3 Å². The molecule has 5 heteroatoms. The first-order chi connectivity index (χ1) is 6.49. The monoisotopic (exact) mass is 221 g/mol. The molecular formula is C9H19NO3S. The SMILES string of the molecule is CS(=O)(=O)CCC(N)C1CCCOC1. The van der Waals surface area contributed by atoms with Crippen LogP contribution in [0, 0.1) is 5.92 Å². The minimum absolute atomic E-state index is 0.0370. The molecule has 0 aromatic heterocycles. The van der Waals surface area contributed by atoms with E-state index in [4.69, 9.17) is 10.5 Å². The lowest BCUT2D eigenvalue weighted by atomic mass is 9.93. The summed E-state index contributed by atoms with van der Waals surface area (Å²) < 4.78 is 27.2. The van der Waals surface area contributed by atoms with Crippen LogP contribution in [0.4, 0.5) is 0 Å². The molecule has 2 atom stereocenters. The zero-order chi connectivity index (χ0) is 10.6. The second-order valence-electron chi connectivity index (χ2n) is 4.06.